The highest BCUT2D eigenvalue weighted by Gasteiger charge is 2.42. The number of rotatable bonds is 7. The lowest BCUT2D eigenvalue weighted by Crippen LogP contribution is -2.48. The molecule has 1 heterocycles. The zero-order valence-corrected chi connectivity index (χ0v) is 17.7. The molecule has 6 nitrogen and oxygen atoms in total. The van der Waals surface area contributed by atoms with E-state index in [-0.39, 0.29) is 23.9 Å². The maximum Gasteiger partial charge on any atom is 0.276 e. The summed E-state index contributed by atoms with van der Waals surface area (Å²) in [5, 5.41) is 8.88. The van der Waals surface area contributed by atoms with Gasteiger partial charge in [-0.3, -0.25) is 9.59 Å². The van der Waals surface area contributed by atoms with Crippen LogP contribution in [0.3, 0.4) is 0 Å². The molecule has 0 spiro atoms. The minimum Gasteiger partial charge on any atom is -0.351 e. The molecule has 0 saturated heterocycles. The van der Waals surface area contributed by atoms with Gasteiger partial charge >= 0.3 is 0 Å². The van der Waals surface area contributed by atoms with E-state index in [0.717, 1.165) is 62.0 Å². The smallest absolute Gasteiger partial charge is 0.276 e. The summed E-state index contributed by atoms with van der Waals surface area (Å²) >= 11 is 1.16. The van der Waals surface area contributed by atoms with E-state index in [1.165, 1.54) is 12.0 Å². The minimum absolute atomic E-state index is 0.0791. The fraction of sp³-hybridized carbons (Fsp3) is 0.545. The summed E-state index contributed by atoms with van der Waals surface area (Å²) in [7, 11) is 0. The van der Waals surface area contributed by atoms with E-state index in [1.807, 2.05) is 12.1 Å². The van der Waals surface area contributed by atoms with E-state index in [0.29, 0.717) is 5.69 Å². The molecule has 0 bridgehead atoms. The van der Waals surface area contributed by atoms with Crippen molar-refractivity contribution in [2.75, 3.05) is 0 Å². The molecule has 2 aliphatic rings. The molecular formula is C22H28N4O2S. The monoisotopic (exact) mass is 412 g/mol. The van der Waals surface area contributed by atoms with Crippen LogP contribution in [0.2, 0.25) is 0 Å². The Morgan fingerprint density at radius 1 is 1.14 bits per heavy atom. The number of carbonyl (C=O) groups excluding carboxylic acids is 2. The average Bonchev–Trinajstić information content (AvgIpc) is 3.44. The zero-order valence-electron chi connectivity index (χ0n) is 16.8. The molecule has 7 heteroatoms. The first-order valence-electron chi connectivity index (χ1n) is 10.7. The summed E-state index contributed by atoms with van der Waals surface area (Å²) in [4.78, 5) is 28.5. The van der Waals surface area contributed by atoms with Crippen LogP contribution in [0.15, 0.2) is 29.6 Å². The van der Waals surface area contributed by atoms with Crippen molar-refractivity contribution in [3.63, 3.8) is 0 Å². The van der Waals surface area contributed by atoms with Crippen molar-refractivity contribution < 1.29 is 9.59 Å². The molecule has 29 heavy (non-hydrogen) atoms. The largest absolute Gasteiger partial charge is 0.351 e. The van der Waals surface area contributed by atoms with Crippen LogP contribution in [-0.4, -0.2) is 38.4 Å². The lowest BCUT2D eigenvalue weighted by molar-refractivity contribution is -0.127. The maximum atomic E-state index is 13.5. The van der Waals surface area contributed by atoms with Gasteiger partial charge in [0.25, 0.3) is 5.91 Å². The number of hydrogen-bond donors (Lipinski definition) is 1. The van der Waals surface area contributed by atoms with Gasteiger partial charge < -0.3 is 10.2 Å². The Balaban J connectivity index is 1.65. The van der Waals surface area contributed by atoms with E-state index < -0.39 is 6.04 Å². The van der Waals surface area contributed by atoms with Crippen molar-refractivity contribution in [2.45, 2.75) is 76.4 Å². The van der Waals surface area contributed by atoms with E-state index in [9.17, 15) is 9.59 Å². The molecule has 2 aromatic rings. The Bertz CT molecular complexity index is 827. The summed E-state index contributed by atoms with van der Waals surface area (Å²) in [6.07, 6.45) is 8.34. The number of amides is 2. The van der Waals surface area contributed by atoms with Crippen LogP contribution in [0.5, 0.6) is 0 Å². The van der Waals surface area contributed by atoms with Gasteiger partial charge in [0.05, 0.1) is 0 Å². The number of aromatic nitrogens is 2. The van der Waals surface area contributed by atoms with Gasteiger partial charge in [0.2, 0.25) is 5.91 Å². The Hall–Kier alpha value is -2.28. The number of benzene rings is 1. The summed E-state index contributed by atoms with van der Waals surface area (Å²) in [6.45, 7) is 2.11. The van der Waals surface area contributed by atoms with Crippen LogP contribution in [0.4, 0.5) is 0 Å². The van der Waals surface area contributed by atoms with Crippen LogP contribution in [0.1, 0.15) is 79.5 Å². The van der Waals surface area contributed by atoms with Gasteiger partial charge in [-0.2, -0.15) is 0 Å². The molecule has 2 fully saturated rings. The topological polar surface area (TPSA) is 75.2 Å². The predicted molar refractivity (Wildman–Crippen MR) is 113 cm³/mol. The average molecular weight is 413 g/mol. The number of hydrogen-bond acceptors (Lipinski definition) is 5. The van der Waals surface area contributed by atoms with Gasteiger partial charge in [-0.15, -0.1) is 5.10 Å². The van der Waals surface area contributed by atoms with E-state index in [1.54, 1.807) is 10.3 Å². The van der Waals surface area contributed by atoms with Crippen LogP contribution in [-0.2, 0) is 11.2 Å². The third-order valence-corrected chi connectivity index (χ3v) is 6.44. The van der Waals surface area contributed by atoms with Gasteiger partial charge in [-0.1, -0.05) is 54.9 Å². The van der Waals surface area contributed by atoms with Crippen molar-refractivity contribution in [2.24, 2.45) is 0 Å². The maximum absolute atomic E-state index is 13.5. The molecule has 1 atom stereocenters. The zero-order chi connectivity index (χ0) is 20.2. The molecule has 4 rings (SSSR count). The second-order valence-electron chi connectivity index (χ2n) is 8.07. The van der Waals surface area contributed by atoms with Crippen molar-refractivity contribution >= 4 is 23.3 Å². The number of nitrogens with one attached hydrogen (secondary N) is 1. The van der Waals surface area contributed by atoms with E-state index >= 15 is 0 Å². The molecule has 0 aliphatic heterocycles. The van der Waals surface area contributed by atoms with Crippen molar-refractivity contribution in [3.8, 4) is 0 Å². The molecule has 0 unspecified atom stereocenters. The molecular weight excluding hydrogens is 384 g/mol. The Morgan fingerprint density at radius 3 is 2.45 bits per heavy atom. The van der Waals surface area contributed by atoms with Gasteiger partial charge in [0.1, 0.15) is 6.04 Å². The first kappa shape index (κ1) is 20.0. The Morgan fingerprint density at radius 2 is 1.86 bits per heavy atom. The predicted octanol–water partition coefficient (Wildman–Crippen LogP) is 3.90. The lowest BCUT2D eigenvalue weighted by Gasteiger charge is -2.33. The van der Waals surface area contributed by atoms with Gasteiger partial charge in [0.15, 0.2) is 5.69 Å². The Kier molecular flexibility index (Phi) is 6.23. The SMILES string of the molecule is CCc1ccc([C@@H](C(=O)NC2CCCCC2)N(C(=O)c2csnn2)C2CC2)cc1. The van der Waals surface area contributed by atoms with Crippen LogP contribution in [0, 0.1) is 0 Å². The molecule has 2 aliphatic carbocycles. The van der Waals surface area contributed by atoms with Crippen molar-refractivity contribution in [1.29, 1.82) is 0 Å². The fourth-order valence-electron chi connectivity index (χ4n) is 4.14. The molecule has 154 valence electrons. The molecule has 1 aromatic heterocycles. The highest BCUT2D eigenvalue weighted by molar-refractivity contribution is 7.03. The van der Waals surface area contributed by atoms with Crippen molar-refractivity contribution in [1.82, 2.24) is 19.8 Å². The molecule has 1 N–H and O–H groups in total. The summed E-state index contributed by atoms with van der Waals surface area (Å²) in [5.74, 6) is -0.283. The molecule has 0 radical (unpaired) electrons. The standard InChI is InChI=1S/C22H28N4O2S/c1-2-15-8-10-16(11-9-15)20(21(27)23-17-6-4-3-5-7-17)26(18-12-13-18)22(28)19-14-29-25-24-19/h8-11,14,17-18,20H,2-7,12-13H2,1H3,(H,23,27)/t20-/m0/s1. The van der Waals surface area contributed by atoms with Gasteiger partial charge in [-0.05, 0) is 54.8 Å². The molecule has 2 amide bonds. The van der Waals surface area contributed by atoms with Crippen LogP contribution < -0.4 is 5.32 Å². The van der Waals surface area contributed by atoms with E-state index in [4.69, 9.17) is 0 Å². The fourth-order valence-corrected chi connectivity index (χ4v) is 4.57. The first-order valence-corrected chi connectivity index (χ1v) is 11.5. The number of nitrogens with zero attached hydrogens (tertiary/aromatic N) is 3. The highest BCUT2D eigenvalue weighted by Crippen LogP contribution is 2.36. The summed E-state index contributed by atoms with van der Waals surface area (Å²) < 4.78 is 3.84. The molecule has 2 saturated carbocycles. The third-order valence-electron chi connectivity index (χ3n) is 5.94. The normalized spacial score (nSPS) is 18.2. The number of carbonyl (C=O) groups is 2. The van der Waals surface area contributed by atoms with E-state index in [2.05, 4.69) is 34.0 Å². The quantitative estimate of drug-likeness (QED) is 0.748. The minimum atomic E-state index is -0.635. The lowest BCUT2D eigenvalue weighted by atomic mass is 9.94. The van der Waals surface area contributed by atoms with Gasteiger partial charge in [-0.25, -0.2) is 0 Å². The number of aryl methyl sites for hydroxylation is 1. The van der Waals surface area contributed by atoms with Crippen LogP contribution in [0.25, 0.3) is 0 Å². The third kappa shape index (κ3) is 4.66. The highest BCUT2D eigenvalue weighted by atomic mass is 32.1. The summed E-state index contributed by atoms with van der Waals surface area (Å²) in [6, 6.07) is 7.73. The Labute approximate surface area is 175 Å². The van der Waals surface area contributed by atoms with Gasteiger partial charge in [0, 0.05) is 17.5 Å². The second kappa shape index (κ2) is 9.03. The molecule has 1 aromatic carbocycles. The summed E-state index contributed by atoms with van der Waals surface area (Å²) in [5.41, 5.74) is 2.40. The first-order chi connectivity index (χ1) is 14.2. The van der Waals surface area contributed by atoms with Crippen LogP contribution >= 0.6 is 11.5 Å². The van der Waals surface area contributed by atoms with Crippen molar-refractivity contribution in [3.05, 3.63) is 46.5 Å². The second-order valence-corrected chi connectivity index (χ2v) is 8.68.